The van der Waals surface area contributed by atoms with Crippen molar-refractivity contribution in [2.45, 2.75) is 45.1 Å². The summed E-state index contributed by atoms with van der Waals surface area (Å²) in [6.45, 7) is 5.14. The molecule has 1 atom stereocenters. The third-order valence-electron chi connectivity index (χ3n) is 4.05. The van der Waals surface area contributed by atoms with Crippen molar-refractivity contribution in [2.75, 3.05) is 6.54 Å². The van der Waals surface area contributed by atoms with Gasteiger partial charge in [-0.25, -0.2) is 8.78 Å². The van der Waals surface area contributed by atoms with Crippen LogP contribution in [0.4, 0.5) is 8.78 Å². The van der Waals surface area contributed by atoms with Crippen molar-refractivity contribution < 1.29 is 8.78 Å². The minimum atomic E-state index is -0.490. The molecule has 1 nitrogen and oxygen atoms in total. The van der Waals surface area contributed by atoms with Crippen molar-refractivity contribution in [3.8, 4) is 0 Å². The number of benzene rings is 1. The topological polar surface area (TPSA) is 12.0 Å². The normalized spacial score (nSPS) is 25.2. The second kappa shape index (κ2) is 5.35. The van der Waals surface area contributed by atoms with Gasteiger partial charge in [0.25, 0.3) is 0 Å². The molecule has 2 rings (SSSR count). The summed E-state index contributed by atoms with van der Waals surface area (Å²) in [5.41, 5.74) is 0.455. The smallest absolute Gasteiger partial charge is 0.126 e. The highest BCUT2D eigenvalue weighted by Crippen LogP contribution is 2.37. The highest BCUT2D eigenvalue weighted by Gasteiger charge is 2.36. The average molecular weight is 253 g/mol. The number of rotatable bonds is 2. The van der Waals surface area contributed by atoms with Crippen LogP contribution in [0.2, 0.25) is 0 Å². The Morgan fingerprint density at radius 3 is 2.33 bits per heavy atom. The monoisotopic (exact) mass is 253 g/mol. The molecule has 0 aliphatic carbocycles. The predicted molar refractivity (Wildman–Crippen MR) is 69.3 cm³/mol. The molecule has 1 fully saturated rings. The zero-order valence-electron chi connectivity index (χ0n) is 11.1. The number of hydrogen-bond acceptors (Lipinski definition) is 1. The molecule has 0 radical (unpaired) electrons. The van der Waals surface area contributed by atoms with Crippen molar-refractivity contribution in [3.63, 3.8) is 0 Å². The molecule has 1 aliphatic rings. The average Bonchev–Trinajstić information content (AvgIpc) is 2.53. The largest absolute Gasteiger partial charge is 0.307 e. The lowest BCUT2D eigenvalue weighted by molar-refractivity contribution is 0.229. The summed E-state index contributed by atoms with van der Waals surface area (Å²) in [4.78, 5) is 0. The summed E-state index contributed by atoms with van der Waals surface area (Å²) < 4.78 is 26.9. The van der Waals surface area contributed by atoms with E-state index in [1.54, 1.807) is 0 Å². The van der Waals surface area contributed by atoms with E-state index in [0.29, 0.717) is 5.92 Å². The van der Waals surface area contributed by atoms with Crippen molar-refractivity contribution >= 4 is 0 Å². The van der Waals surface area contributed by atoms with Crippen molar-refractivity contribution in [3.05, 3.63) is 35.4 Å². The Kier molecular flexibility index (Phi) is 4.00. The van der Waals surface area contributed by atoms with Crippen LogP contribution >= 0.6 is 0 Å². The van der Waals surface area contributed by atoms with E-state index < -0.39 is 11.6 Å². The summed E-state index contributed by atoms with van der Waals surface area (Å²) in [6.07, 6.45) is 4.35. The van der Waals surface area contributed by atoms with Gasteiger partial charge < -0.3 is 5.32 Å². The minimum absolute atomic E-state index is 0.292. The molecule has 0 aromatic heterocycles. The van der Waals surface area contributed by atoms with E-state index in [1.165, 1.54) is 18.6 Å². The Hall–Kier alpha value is -0.960. The maximum absolute atomic E-state index is 13.5. The summed E-state index contributed by atoms with van der Waals surface area (Å²) >= 11 is 0. The first kappa shape index (κ1) is 13.5. The van der Waals surface area contributed by atoms with Crippen LogP contribution in [0, 0.1) is 17.6 Å². The highest BCUT2D eigenvalue weighted by molar-refractivity contribution is 5.27. The van der Waals surface area contributed by atoms with Crippen LogP contribution in [-0.4, -0.2) is 6.54 Å². The van der Waals surface area contributed by atoms with E-state index >= 15 is 0 Å². The molecule has 1 aromatic rings. The molecular formula is C15H21F2N. The fourth-order valence-corrected chi connectivity index (χ4v) is 2.99. The van der Waals surface area contributed by atoms with Crippen LogP contribution in [0.3, 0.4) is 0 Å². The van der Waals surface area contributed by atoms with Gasteiger partial charge in [-0.2, -0.15) is 0 Å². The molecule has 1 heterocycles. The maximum Gasteiger partial charge on any atom is 0.126 e. The third-order valence-corrected chi connectivity index (χ3v) is 4.05. The lowest BCUT2D eigenvalue weighted by Gasteiger charge is -2.38. The van der Waals surface area contributed by atoms with Crippen LogP contribution < -0.4 is 5.32 Å². The Morgan fingerprint density at radius 2 is 1.72 bits per heavy atom. The van der Waals surface area contributed by atoms with Crippen LogP contribution in [0.1, 0.15) is 45.1 Å². The van der Waals surface area contributed by atoms with Crippen LogP contribution in [0.15, 0.2) is 18.2 Å². The van der Waals surface area contributed by atoms with Gasteiger partial charge in [-0.3, -0.25) is 0 Å². The second-order valence-corrected chi connectivity index (χ2v) is 5.52. The SMILES string of the molecule is CC(C)C1(c2cc(F)cc(F)c2)CCCCCN1. The van der Waals surface area contributed by atoms with Gasteiger partial charge in [-0.15, -0.1) is 0 Å². The number of halogens is 2. The van der Waals surface area contributed by atoms with Gasteiger partial charge in [-0.1, -0.05) is 26.7 Å². The molecule has 0 amide bonds. The first-order chi connectivity index (χ1) is 8.54. The molecule has 1 saturated heterocycles. The van der Waals surface area contributed by atoms with Crippen molar-refractivity contribution in [1.82, 2.24) is 5.32 Å². The van der Waals surface area contributed by atoms with Gasteiger partial charge in [0.2, 0.25) is 0 Å². The molecule has 0 saturated carbocycles. The standard InChI is InChI=1S/C15H21F2N/c1-11(2)15(6-4-3-5-7-18-15)12-8-13(16)10-14(17)9-12/h8-11,18H,3-7H2,1-2H3. The zero-order valence-corrected chi connectivity index (χ0v) is 11.1. The fraction of sp³-hybridized carbons (Fsp3) is 0.600. The predicted octanol–water partition coefficient (Wildman–Crippen LogP) is 3.98. The van der Waals surface area contributed by atoms with Crippen molar-refractivity contribution in [1.29, 1.82) is 0 Å². The summed E-state index contributed by atoms with van der Waals surface area (Å²) in [6, 6.07) is 3.89. The number of hydrogen-bond donors (Lipinski definition) is 1. The maximum atomic E-state index is 13.5. The second-order valence-electron chi connectivity index (χ2n) is 5.52. The first-order valence-corrected chi connectivity index (χ1v) is 6.76. The highest BCUT2D eigenvalue weighted by atomic mass is 19.1. The van der Waals surface area contributed by atoms with Gasteiger partial charge in [-0.05, 0) is 43.0 Å². The van der Waals surface area contributed by atoms with Gasteiger partial charge in [0.15, 0.2) is 0 Å². The Labute approximate surface area is 108 Å². The van der Waals surface area contributed by atoms with Gasteiger partial charge >= 0.3 is 0 Å². The Morgan fingerprint density at radius 1 is 1.06 bits per heavy atom. The summed E-state index contributed by atoms with van der Waals surface area (Å²) in [7, 11) is 0. The minimum Gasteiger partial charge on any atom is -0.307 e. The summed E-state index contributed by atoms with van der Waals surface area (Å²) in [5.74, 6) is -0.677. The van der Waals surface area contributed by atoms with Crippen LogP contribution in [0.25, 0.3) is 0 Å². The quantitative estimate of drug-likeness (QED) is 0.840. The van der Waals surface area contributed by atoms with E-state index in [4.69, 9.17) is 0 Å². The molecule has 3 heteroatoms. The number of nitrogens with one attached hydrogen (secondary N) is 1. The molecule has 0 bridgehead atoms. The Balaban J connectivity index is 2.45. The van der Waals surface area contributed by atoms with E-state index in [1.807, 2.05) is 0 Å². The molecule has 1 unspecified atom stereocenters. The molecule has 1 N–H and O–H groups in total. The molecule has 1 aromatic carbocycles. The van der Waals surface area contributed by atoms with Crippen molar-refractivity contribution in [2.24, 2.45) is 5.92 Å². The molecular weight excluding hydrogens is 232 g/mol. The zero-order chi connectivity index (χ0) is 13.2. The third kappa shape index (κ3) is 2.56. The molecule has 100 valence electrons. The van der Waals surface area contributed by atoms with Crippen LogP contribution in [0.5, 0.6) is 0 Å². The molecule has 0 spiro atoms. The fourth-order valence-electron chi connectivity index (χ4n) is 2.99. The van der Waals surface area contributed by atoms with Gasteiger partial charge in [0, 0.05) is 11.6 Å². The molecule has 1 aliphatic heterocycles. The van der Waals surface area contributed by atoms with Crippen LogP contribution in [-0.2, 0) is 5.54 Å². The Bertz CT molecular complexity index is 387. The lowest BCUT2D eigenvalue weighted by Crippen LogP contribution is -2.46. The lowest BCUT2D eigenvalue weighted by atomic mass is 9.76. The van der Waals surface area contributed by atoms with E-state index in [2.05, 4.69) is 19.2 Å². The summed E-state index contributed by atoms with van der Waals surface area (Å²) in [5, 5.41) is 3.53. The van der Waals surface area contributed by atoms with E-state index in [0.717, 1.165) is 37.4 Å². The van der Waals surface area contributed by atoms with Gasteiger partial charge in [0.05, 0.1) is 0 Å². The van der Waals surface area contributed by atoms with Gasteiger partial charge in [0.1, 0.15) is 11.6 Å². The molecule has 18 heavy (non-hydrogen) atoms. The van der Waals surface area contributed by atoms with E-state index in [9.17, 15) is 8.78 Å². The first-order valence-electron chi connectivity index (χ1n) is 6.76. The van der Waals surface area contributed by atoms with E-state index in [-0.39, 0.29) is 5.54 Å².